The van der Waals surface area contributed by atoms with Gasteiger partial charge in [0.2, 0.25) is 0 Å². The SMILES string of the molecule is CSc1c(CC(=O)O)ccc(Cl)c1C. The van der Waals surface area contributed by atoms with E-state index in [2.05, 4.69) is 0 Å². The molecule has 0 saturated heterocycles. The first kappa shape index (κ1) is 11.4. The van der Waals surface area contributed by atoms with Crippen LogP contribution in [0.2, 0.25) is 5.02 Å². The van der Waals surface area contributed by atoms with Gasteiger partial charge in [-0.25, -0.2) is 0 Å². The van der Waals surface area contributed by atoms with Crippen molar-refractivity contribution >= 4 is 29.3 Å². The highest BCUT2D eigenvalue weighted by molar-refractivity contribution is 7.98. The Morgan fingerprint density at radius 3 is 2.71 bits per heavy atom. The van der Waals surface area contributed by atoms with Gasteiger partial charge in [-0.05, 0) is 30.4 Å². The van der Waals surface area contributed by atoms with Crippen LogP contribution in [0, 0.1) is 6.92 Å². The van der Waals surface area contributed by atoms with E-state index in [1.807, 2.05) is 13.2 Å². The lowest BCUT2D eigenvalue weighted by Gasteiger charge is -2.09. The largest absolute Gasteiger partial charge is 0.481 e. The Labute approximate surface area is 92.3 Å². The molecule has 0 aliphatic rings. The highest BCUT2D eigenvalue weighted by Gasteiger charge is 2.10. The van der Waals surface area contributed by atoms with E-state index in [-0.39, 0.29) is 6.42 Å². The molecule has 0 aliphatic carbocycles. The number of aliphatic carboxylic acids is 1. The number of carboxylic acids is 1. The molecule has 4 heteroatoms. The number of rotatable bonds is 3. The van der Waals surface area contributed by atoms with Gasteiger partial charge >= 0.3 is 5.97 Å². The van der Waals surface area contributed by atoms with Crippen molar-refractivity contribution in [3.8, 4) is 0 Å². The molecule has 0 bridgehead atoms. The second-order valence-corrected chi connectivity index (χ2v) is 4.16. The summed E-state index contributed by atoms with van der Waals surface area (Å²) < 4.78 is 0. The predicted octanol–water partition coefficient (Wildman–Crippen LogP) is 3.00. The quantitative estimate of drug-likeness (QED) is 0.812. The Morgan fingerprint density at radius 2 is 2.21 bits per heavy atom. The van der Waals surface area contributed by atoms with Crippen LogP contribution in [0.25, 0.3) is 0 Å². The van der Waals surface area contributed by atoms with E-state index in [4.69, 9.17) is 16.7 Å². The van der Waals surface area contributed by atoms with E-state index < -0.39 is 5.97 Å². The van der Waals surface area contributed by atoms with Gasteiger partial charge in [0.05, 0.1) is 6.42 Å². The molecular weight excluding hydrogens is 220 g/mol. The van der Waals surface area contributed by atoms with Gasteiger partial charge in [-0.15, -0.1) is 11.8 Å². The van der Waals surface area contributed by atoms with Gasteiger partial charge in [-0.3, -0.25) is 4.79 Å². The van der Waals surface area contributed by atoms with Crippen molar-refractivity contribution in [2.45, 2.75) is 18.2 Å². The van der Waals surface area contributed by atoms with E-state index in [0.717, 1.165) is 16.0 Å². The van der Waals surface area contributed by atoms with Gasteiger partial charge in [0, 0.05) is 9.92 Å². The summed E-state index contributed by atoms with van der Waals surface area (Å²) in [7, 11) is 0. The summed E-state index contributed by atoms with van der Waals surface area (Å²) in [5.41, 5.74) is 1.78. The number of benzene rings is 1. The predicted molar refractivity (Wildman–Crippen MR) is 59.3 cm³/mol. The van der Waals surface area contributed by atoms with Gasteiger partial charge in [-0.1, -0.05) is 17.7 Å². The lowest BCUT2D eigenvalue weighted by atomic mass is 10.1. The van der Waals surface area contributed by atoms with E-state index in [1.54, 1.807) is 12.1 Å². The smallest absolute Gasteiger partial charge is 0.307 e. The molecule has 1 aromatic carbocycles. The van der Waals surface area contributed by atoms with Crippen LogP contribution >= 0.6 is 23.4 Å². The Bertz CT molecular complexity index is 363. The lowest BCUT2D eigenvalue weighted by Crippen LogP contribution is -2.02. The van der Waals surface area contributed by atoms with Crippen LogP contribution in [0.1, 0.15) is 11.1 Å². The number of carbonyl (C=O) groups is 1. The Morgan fingerprint density at radius 1 is 1.57 bits per heavy atom. The molecule has 1 N–H and O–H groups in total. The van der Waals surface area contributed by atoms with Crippen molar-refractivity contribution in [2.24, 2.45) is 0 Å². The fraction of sp³-hybridized carbons (Fsp3) is 0.300. The second kappa shape index (κ2) is 4.71. The standard InChI is InChI=1S/C10H11ClO2S/c1-6-8(11)4-3-7(5-9(12)13)10(6)14-2/h3-4H,5H2,1-2H3,(H,12,13). The first-order chi connectivity index (χ1) is 6.56. The molecule has 0 heterocycles. The van der Waals surface area contributed by atoms with Crippen LogP contribution in [0.15, 0.2) is 17.0 Å². The van der Waals surface area contributed by atoms with Crippen molar-refractivity contribution in [2.75, 3.05) is 6.26 Å². The molecule has 0 saturated carbocycles. The summed E-state index contributed by atoms with van der Waals surface area (Å²) in [6, 6.07) is 3.52. The summed E-state index contributed by atoms with van der Waals surface area (Å²) in [5.74, 6) is -0.818. The van der Waals surface area contributed by atoms with Gasteiger partial charge in [0.15, 0.2) is 0 Å². The van der Waals surface area contributed by atoms with E-state index >= 15 is 0 Å². The molecular formula is C10H11ClO2S. The Kier molecular flexibility index (Phi) is 3.84. The van der Waals surface area contributed by atoms with E-state index in [0.29, 0.717) is 5.02 Å². The molecule has 0 unspecified atom stereocenters. The third kappa shape index (κ3) is 2.42. The second-order valence-electron chi connectivity index (χ2n) is 2.94. The first-order valence-corrected chi connectivity index (χ1v) is 5.70. The number of hydrogen-bond donors (Lipinski definition) is 1. The molecule has 0 spiro atoms. The minimum Gasteiger partial charge on any atom is -0.481 e. The minimum atomic E-state index is -0.818. The zero-order valence-corrected chi connectivity index (χ0v) is 9.58. The molecule has 1 aromatic rings. The third-order valence-electron chi connectivity index (χ3n) is 1.97. The highest BCUT2D eigenvalue weighted by Crippen LogP contribution is 2.30. The minimum absolute atomic E-state index is 0.0498. The van der Waals surface area contributed by atoms with Crippen molar-refractivity contribution in [1.29, 1.82) is 0 Å². The van der Waals surface area contributed by atoms with Gasteiger partial charge < -0.3 is 5.11 Å². The maximum Gasteiger partial charge on any atom is 0.307 e. The summed E-state index contributed by atoms with van der Waals surface area (Å²) in [6.07, 6.45) is 1.97. The fourth-order valence-corrected chi connectivity index (χ4v) is 2.34. The highest BCUT2D eigenvalue weighted by atomic mass is 35.5. The lowest BCUT2D eigenvalue weighted by molar-refractivity contribution is -0.136. The molecule has 14 heavy (non-hydrogen) atoms. The van der Waals surface area contributed by atoms with Crippen LogP contribution in [-0.2, 0) is 11.2 Å². The summed E-state index contributed by atoms with van der Waals surface area (Å²) in [5, 5.41) is 9.39. The van der Waals surface area contributed by atoms with E-state index in [9.17, 15) is 4.79 Å². The van der Waals surface area contributed by atoms with E-state index in [1.165, 1.54) is 11.8 Å². The monoisotopic (exact) mass is 230 g/mol. The van der Waals surface area contributed by atoms with Crippen LogP contribution in [0.5, 0.6) is 0 Å². The molecule has 0 radical (unpaired) electrons. The Balaban J connectivity index is 3.17. The normalized spacial score (nSPS) is 10.2. The molecule has 0 fully saturated rings. The number of thioether (sulfide) groups is 1. The van der Waals surface area contributed by atoms with Crippen LogP contribution in [-0.4, -0.2) is 17.3 Å². The van der Waals surface area contributed by atoms with Crippen LogP contribution in [0.4, 0.5) is 0 Å². The fourth-order valence-electron chi connectivity index (χ4n) is 1.31. The Hall–Kier alpha value is -0.670. The number of carboxylic acid groups (broad SMARTS) is 1. The average molecular weight is 231 g/mol. The summed E-state index contributed by atoms with van der Waals surface area (Å²) >= 11 is 7.47. The van der Waals surface area contributed by atoms with Crippen molar-refractivity contribution in [3.05, 3.63) is 28.3 Å². The summed E-state index contributed by atoms with van der Waals surface area (Å²) in [4.78, 5) is 11.6. The van der Waals surface area contributed by atoms with Gasteiger partial charge in [0.1, 0.15) is 0 Å². The number of halogens is 1. The van der Waals surface area contributed by atoms with Crippen LogP contribution in [0.3, 0.4) is 0 Å². The number of hydrogen-bond acceptors (Lipinski definition) is 2. The molecule has 0 atom stereocenters. The maximum absolute atomic E-state index is 10.6. The first-order valence-electron chi connectivity index (χ1n) is 4.10. The van der Waals surface area contributed by atoms with Crippen molar-refractivity contribution in [1.82, 2.24) is 0 Å². The molecule has 1 rings (SSSR count). The van der Waals surface area contributed by atoms with Crippen molar-refractivity contribution < 1.29 is 9.90 Å². The summed E-state index contributed by atoms with van der Waals surface area (Å²) in [6.45, 7) is 1.90. The third-order valence-corrected chi connectivity index (χ3v) is 3.35. The molecule has 76 valence electrons. The molecule has 2 nitrogen and oxygen atoms in total. The van der Waals surface area contributed by atoms with Crippen molar-refractivity contribution in [3.63, 3.8) is 0 Å². The maximum atomic E-state index is 10.6. The average Bonchev–Trinajstić information content (AvgIpc) is 2.11. The topological polar surface area (TPSA) is 37.3 Å². The molecule has 0 aromatic heterocycles. The molecule has 0 amide bonds. The molecule has 0 aliphatic heterocycles. The zero-order chi connectivity index (χ0) is 10.7. The van der Waals surface area contributed by atoms with Crippen LogP contribution < -0.4 is 0 Å². The zero-order valence-electron chi connectivity index (χ0n) is 8.00. The van der Waals surface area contributed by atoms with Gasteiger partial charge in [0.25, 0.3) is 0 Å². The van der Waals surface area contributed by atoms with Gasteiger partial charge in [-0.2, -0.15) is 0 Å².